The second-order valence-corrected chi connectivity index (χ2v) is 3.66. The molecule has 2 rings (SSSR count). The van der Waals surface area contributed by atoms with Crippen LogP contribution in [0.3, 0.4) is 0 Å². The van der Waals surface area contributed by atoms with Crippen LogP contribution in [0.25, 0.3) is 10.9 Å². The molecule has 2 heteroatoms. The molecule has 0 atom stereocenters. The lowest BCUT2D eigenvalue weighted by atomic mass is 10.0. The van der Waals surface area contributed by atoms with Gasteiger partial charge in [0.2, 0.25) is 0 Å². The van der Waals surface area contributed by atoms with Crippen LogP contribution in [0.15, 0.2) is 24.3 Å². The topological polar surface area (TPSA) is 36.0 Å². The fourth-order valence-corrected chi connectivity index (χ4v) is 1.49. The molecule has 0 aliphatic carbocycles. The third kappa shape index (κ3) is 1.39. The Balaban J connectivity index is 2.61. The second kappa shape index (κ2) is 2.80. The minimum Gasteiger partial charge on any atom is -0.495 e. The van der Waals surface area contributed by atoms with Gasteiger partial charge in [-0.2, -0.15) is 0 Å². The zero-order valence-electron chi connectivity index (χ0n) is 7.83. The monoisotopic (exact) mass is 175 g/mol. The first-order valence-corrected chi connectivity index (χ1v) is 4.48. The summed E-state index contributed by atoms with van der Waals surface area (Å²) in [5.41, 5.74) is 2.29. The largest absolute Gasteiger partial charge is 0.495 e. The summed E-state index contributed by atoms with van der Waals surface area (Å²) in [6.45, 7) is 4.31. The van der Waals surface area contributed by atoms with Crippen molar-refractivity contribution in [1.82, 2.24) is 4.98 Å². The summed E-state index contributed by atoms with van der Waals surface area (Å²) in [5, 5.41) is 10.3. The second-order valence-electron chi connectivity index (χ2n) is 3.66. The van der Waals surface area contributed by atoms with Gasteiger partial charge in [0.15, 0.2) is 5.88 Å². The van der Waals surface area contributed by atoms with Crippen molar-refractivity contribution in [1.29, 1.82) is 0 Å². The van der Waals surface area contributed by atoms with E-state index in [4.69, 9.17) is 0 Å². The molecule has 0 spiro atoms. The van der Waals surface area contributed by atoms with E-state index in [9.17, 15) is 5.11 Å². The van der Waals surface area contributed by atoms with Gasteiger partial charge in [-0.25, -0.2) is 0 Å². The Bertz CT molecular complexity index is 429. The Hall–Kier alpha value is -1.44. The Morgan fingerprint density at radius 1 is 1.23 bits per heavy atom. The Kier molecular flexibility index (Phi) is 1.76. The average Bonchev–Trinajstić information content (AvgIpc) is 2.42. The number of hydrogen-bond acceptors (Lipinski definition) is 1. The lowest BCUT2D eigenvalue weighted by Crippen LogP contribution is -1.85. The van der Waals surface area contributed by atoms with Gasteiger partial charge in [-0.1, -0.05) is 26.0 Å². The molecule has 1 heterocycles. The Morgan fingerprint density at radius 3 is 2.69 bits per heavy atom. The fourth-order valence-electron chi connectivity index (χ4n) is 1.49. The van der Waals surface area contributed by atoms with Gasteiger partial charge >= 0.3 is 0 Å². The SMILES string of the molecule is CC(C)c1ccc2cc(O)[nH]c2c1. The lowest BCUT2D eigenvalue weighted by Gasteiger charge is -2.03. The van der Waals surface area contributed by atoms with E-state index in [1.54, 1.807) is 6.07 Å². The first kappa shape index (κ1) is 8.17. The van der Waals surface area contributed by atoms with Gasteiger partial charge in [0.25, 0.3) is 0 Å². The molecule has 1 aromatic carbocycles. The Labute approximate surface area is 77.2 Å². The van der Waals surface area contributed by atoms with Crippen molar-refractivity contribution < 1.29 is 5.11 Å². The van der Waals surface area contributed by atoms with E-state index in [2.05, 4.69) is 31.0 Å². The highest BCUT2D eigenvalue weighted by atomic mass is 16.3. The van der Waals surface area contributed by atoms with Crippen LogP contribution in [0.2, 0.25) is 0 Å². The highest BCUT2D eigenvalue weighted by Gasteiger charge is 2.02. The molecular weight excluding hydrogens is 162 g/mol. The first-order valence-electron chi connectivity index (χ1n) is 4.48. The van der Waals surface area contributed by atoms with E-state index in [1.165, 1.54) is 5.56 Å². The van der Waals surface area contributed by atoms with Gasteiger partial charge < -0.3 is 10.1 Å². The number of H-pyrrole nitrogens is 1. The van der Waals surface area contributed by atoms with Crippen molar-refractivity contribution in [2.24, 2.45) is 0 Å². The number of aromatic amines is 1. The van der Waals surface area contributed by atoms with E-state index < -0.39 is 0 Å². The highest BCUT2D eigenvalue weighted by molar-refractivity contribution is 5.82. The molecule has 2 N–H and O–H groups in total. The van der Waals surface area contributed by atoms with Crippen molar-refractivity contribution in [3.8, 4) is 5.88 Å². The van der Waals surface area contributed by atoms with Crippen LogP contribution < -0.4 is 0 Å². The smallest absolute Gasteiger partial charge is 0.189 e. The van der Waals surface area contributed by atoms with E-state index in [1.807, 2.05) is 6.07 Å². The van der Waals surface area contributed by atoms with E-state index in [-0.39, 0.29) is 5.88 Å². The number of aromatic hydroxyl groups is 1. The molecule has 0 bridgehead atoms. The third-order valence-corrected chi connectivity index (χ3v) is 2.30. The standard InChI is InChI=1S/C11H13NO/c1-7(2)8-3-4-9-6-11(13)12-10(9)5-8/h3-7,12-13H,1-2H3. The van der Waals surface area contributed by atoms with Crippen molar-refractivity contribution in [2.45, 2.75) is 19.8 Å². The van der Waals surface area contributed by atoms with Crippen LogP contribution in [-0.4, -0.2) is 10.1 Å². The maximum atomic E-state index is 9.23. The van der Waals surface area contributed by atoms with Crippen molar-refractivity contribution in [3.63, 3.8) is 0 Å². The van der Waals surface area contributed by atoms with Gasteiger partial charge in [0.05, 0.1) is 0 Å². The number of fused-ring (bicyclic) bond motifs is 1. The van der Waals surface area contributed by atoms with Gasteiger partial charge in [0, 0.05) is 17.0 Å². The van der Waals surface area contributed by atoms with Gasteiger partial charge in [0.1, 0.15) is 0 Å². The third-order valence-electron chi connectivity index (χ3n) is 2.30. The summed E-state index contributed by atoms with van der Waals surface area (Å²) >= 11 is 0. The van der Waals surface area contributed by atoms with E-state index in [0.717, 1.165) is 10.9 Å². The van der Waals surface area contributed by atoms with Crippen LogP contribution in [0.5, 0.6) is 5.88 Å². The van der Waals surface area contributed by atoms with Crippen molar-refractivity contribution in [3.05, 3.63) is 29.8 Å². The quantitative estimate of drug-likeness (QED) is 0.686. The normalized spacial score (nSPS) is 11.3. The molecule has 0 saturated heterocycles. The molecule has 0 unspecified atom stereocenters. The zero-order valence-corrected chi connectivity index (χ0v) is 7.83. The van der Waals surface area contributed by atoms with Gasteiger partial charge in [-0.15, -0.1) is 0 Å². The fraction of sp³-hybridized carbons (Fsp3) is 0.273. The van der Waals surface area contributed by atoms with Crippen LogP contribution in [-0.2, 0) is 0 Å². The molecule has 0 aliphatic rings. The first-order chi connectivity index (χ1) is 6.16. The molecule has 0 saturated carbocycles. The number of nitrogens with one attached hydrogen (secondary N) is 1. The van der Waals surface area contributed by atoms with Crippen LogP contribution in [0.4, 0.5) is 0 Å². The predicted octanol–water partition coefficient (Wildman–Crippen LogP) is 3.00. The van der Waals surface area contributed by atoms with E-state index in [0.29, 0.717) is 5.92 Å². The molecule has 0 aliphatic heterocycles. The molecule has 0 fully saturated rings. The lowest BCUT2D eigenvalue weighted by molar-refractivity contribution is 0.458. The summed E-state index contributed by atoms with van der Waals surface area (Å²) in [4.78, 5) is 2.91. The van der Waals surface area contributed by atoms with Crippen molar-refractivity contribution in [2.75, 3.05) is 0 Å². The molecule has 2 aromatic rings. The van der Waals surface area contributed by atoms with Gasteiger partial charge in [-0.3, -0.25) is 0 Å². The van der Waals surface area contributed by atoms with Crippen LogP contribution in [0, 0.1) is 0 Å². The minimum absolute atomic E-state index is 0.232. The maximum Gasteiger partial charge on any atom is 0.189 e. The number of rotatable bonds is 1. The van der Waals surface area contributed by atoms with Crippen LogP contribution in [0.1, 0.15) is 25.3 Å². The zero-order chi connectivity index (χ0) is 9.42. The number of hydrogen-bond donors (Lipinski definition) is 2. The van der Waals surface area contributed by atoms with Crippen LogP contribution >= 0.6 is 0 Å². The molecule has 0 radical (unpaired) electrons. The molecule has 0 amide bonds. The van der Waals surface area contributed by atoms with Gasteiger partial charge in [-0.05, 0) is 17.5 Å². The van der Waals surface area contributed by atoms with E-state index >= 15 is 0 Å². The molecule has 1 aromatic heterocycles. The molecular formula is C11H13NO. The molecule has 2 nitrogen and oxygen atoms in total. The Morgan fingerprint density at radius 2 is 2.00 bits per heavy atom. The average molecular weight is 175 g/mol. The minimum atomic E-state index is 0.232. The highest BCUT2D eigenvalue weighted by Crippen LogP contribution is 2.23. The summed E-state index contributed by atoms with van der Waals surface area (Å²) in [6.07, 6.45) is 0. The summed E-state index contributed by atoms with van der Waals surface area (Å²) < 4.78 is 0. The number of benzene rings is 1. The summed E-state index contributed by atoms with van der Waals surface area (Å²) in [5.74, 6) is 0.755. The summed E-state index contributed by atoms with van der Waals surface area (Å²) in [7, 11) is 0. The summed E-state index contributed by atoms with van der Waals surface area (Å²) in [6, 6.07) is 7.94. The van der Waals surface area contributed by atoms with Crippen molar-refractivity contribution >= 4 is 10.9 Å². The predicted molar refractivity (Wildman–Crippen MR) is 54.1 cm³/mol. The maximum absolute atomic E-state index is 9.23. The number of aromatic nitrogens is 1. The molecule has 13 heavy (non-hydrogen) atoms. The molecule has 68 valence electrons.